The summed E-state index contributed by atoms with van der Waals surface area (Å²) >= 11 is 0. The third-order valence-electron chi connectivity index (χ3n) is 7.00. The second-order valence-electron chi connectivity index (χ2n) is 10.7. The number of hydrogen-bond acceptors (Lipinski definition) is 4. The van der Waals surface area contributed by atoms with Crippen molar-refractivity contribution in [3.63, 3.8) is 0 Å². The number of hydrogen-bond donors (Lipinski definition) is 0. The summed E-state index contributed by atoms with van der Waals surface area (Å²) in [6.45, 7) is 8.32. The van der Waals surface area contributed by atoms with Crippen LogP contribution in [-0.4, -0.2) is 29.6 Å². The highest BCUT2D eigenvalue weighted by atomic mass is 16.6. The van der Waals surface area contributed by atoms with Gasteiger partial charge >= 0.3 is 5.97 Å². The smallest absolute Gasteiger partial charge is 0.307 e. The van der Waals surface area contributed by atoms with Crippen molar-refractivity contribution in [2.75, 3.05) is 13.1 Å². The molecule has 0 spiro atoms. The van der Waals surface area contributed by atoms with Crippen LogP contribution in [0.3, 0.4) is 0 Å². The van der Waals surface area contributed by atoms with Crippen LogP contribution in [0.4, 0.5) is 0 Å². The topological polar surface area (TPSA) is 42.7 Å². The zero-order valence-corrected chi connectivity index (χ0v) is 20.2. The Morgan fingerprint density at radius 3 is 2.67 bits per heavy atom. The van der Waals surface area contributed by atoms with Gasteiger partial charge in [0.15, 0.2) is 0 Å². The highest BCUT2D eigenvalue weighted by molar-refractivity contribution is 5.83. The Balaban J connectivity index is 1.26. The van der Waals surface area contributed by atoms with E-state index in [4.69, 9.17) is 9.15 Å². The molecule has 2 heterocycles. The van der Waals surface area contributed by atoms with Crippen molar-refractivity contribution < 1.29 is 13.9 Å². The number of fused-ring (bicyclic) bond motifs is 2. The Bertz CT molecular complexity index is 1150. The number of carbonyl (C=O) groups is 1. The fourth-order valence-corrected chi connectivity index (χ4v) is 5.31. The minimum atomic E-state index is -0.420. The van der Waals surface area contributed by atoms with Gasteiger partial charge in [0.1, 0.15) is 16.9 Å². The van der Waals surface area contributed by atoms with Gasteiger partial charge in [-0.15, -0.1) is 0 Å². The summed E-state index contributed by atoms with van der Waals surface area (Å²) < 4.78 is 11.7. The molecule has 4 nitrogen and oxygen atoms in total. The molecule has 0 atom stereocenters. The van der Waals surface area contributed by atoms with E-state index < -0.39 is 5.60 Å². The van der Waals surface area contributed by atoms with E-state index in [1.54, 1.807) is 0 Å². The maximum atomic E-state index is 12.1. The molecular formula is C29H35NO3. The van der Waals surface area contributed by atoms with Crippen LogP contribution in [0.25, 0.3) is 22.3 Å². The number of furan rings is 1. The van der Waals surface area contributed by atoms with Crippen LogP contribution in [0.2, 0.25) is 0 Å². The Morgan fingerprint density at radius 1 is 1.06 bits per heavy atom. The zero-order chi connectivity index (χ0) is 23.0. The average Bonchev–Trinajstić information content (AvgIpc) is 3.45. The molecule has 0 saturated heterocycles. The van der Waals surface area contributed by atoms with Crippen LogP contribution in [0.15, 0.2) is 46.9 Å². The van der Waals surface area contributed by atoms with Gasteiger partial charge in [-0.25, -0.2) is 0 Å². The second-order valence-corrected chi connectivity index (χ2v) is 10.7. The number of ether oxygens (including phenoxy) is 1. The predicted molar refractivity (Wildman–Crippen MR) is 132 cm³/mol. The van der Waals surface area contributed by atoms with Gasteiger partial charge in [0, 0.05) is 30.6 Å². The maximum absolute atomic E-state index is 12.1. The molecule has 0 bridgehead atoms. The molecule has 5 rings (SSSR count). The van der Waals surface area contributed by atoms with E-state index in [-0.39, 0.29) is 5.97 Å². The predicted octanol–water partition coefficient (Wildman–Crippen LogP) is 6.85. The van der Waals surface area contributed by atoms with E-state index in [1.165, 1.54) is 47.8 Å². The van der Waals surface area contributed by atoms with Gasteiger partial charge in [-0.2, -0.15) is 0 Å². The van der Waals surface area contributed by atoms with E-state index >= 15 is 0 Å². The molecule has 1 fully saturated rings. The molecule has 0 radical (unpaired) electrons. The standard InChI is InChI=1S/C29H35NO3/c1-29(2,3)33-28(31)13-15-30-14-12-22-16-23(8-9-24(22)19-30)27-18-25-17-21(10-11-26(25)32-27)20-6-4-5-7-20/h8-11,16-18,20H,4-7,12-15,19H2,1-3H3. The third kappa shape index (κ3) is 5.16. The molecule has 174 valence electrons. The monoisotopic (exact) mass is 445 g/mol. The lowest BCUT2D eigenvalue weighted by molar-refractivity contribution is -0.155. The van der Waals surface area contributed by atoms with Gasteiger partial charge in [-0.3, -0.25) is 9.69 Å². The summed E-state index contributed by atoms with van der Waals surface area (Å²) in [5.74, 6) is 1.54. The summed E-state index contributed by atoms with van der Waals surface area (Å²) in [6, 6.07) is 15.6. The molecule has 1 aromatic heterocycles. The molecule has 0 amide bonds. The fraction of sp³-hybridized carbons (Fsp3) is 0.483. The average molecular weight is 446 g/mol. The van der Waals surface area contributed by atoms with Gasteiger partial charge < -0.3 is 9.15 Å². The molecule has 0 N–H and O–H groups in total. The van der Waals surface area contributed by atoms with E-state index in [0.29, 0.717) is 6.42 Å². The van der Waals surface area contributed by atoms with Crippen molar-refractivity contribution in [1.29, 1.82) is 0 Å². The third-order valence-corrected chi connectivity index (χ3v) is 7.00. The molecule has 2 aliphatic rings. The first kappa shape index (κ1) is 22.2. The number of benzene rings is 2. The van der Waals surface area contributed by atoms with Crippen LogP contribution < -0.4 is 0 Å². The van der Waals surface area contributed by atoms with Gasteiger partial charge in [0.05, 0.1) is 6.42 Å². The van der Waals surface area contributed by atoms with Crippen LogP contribution in [0.1, 0.15) is 75.5 Å². The van der Waals surface area contributed by atoms with Crippen molar-refractivity contribution in [2.45, 2.75) is 77.4 Å². The van der Waals surface area contributed by atoms with Gasteiger partial charge in [0.25, 0.3) is 0 Å². The lowest BCUT2D eigenvalue weighted by Crippen LogP contribution is -2.33. The van der Waals surface area contributed by atoms with Crippen LogP contribution in [0.5, 0.6) is 0 Å². The van der Waals surface area contributed by atoms with E-state index in [0.717, 1.165) is 48.9 Å². The van der Waals surface area contributed by atoms with E-state index in [1.807, 2.05) is 20.8 Å². The molecule has 1 saturated carbocycles. The first-order chi connectivity index (χ1) is 15.8. The largest absolute Gasteiger partial charge is 0.460 e. The molecule has 2 aromatic carbocycles. The van der Waals surface area contributed by atoms with Crippen molar-refractivity contribution in [3.05, 3.63) is 59.2 Å². The lowest BCUT2D eigenvalue weighted by Gasteiger charge is -2.29. The maximum Gasteiger partial charge on any atom is 0.307 e. The Hall–Kier alpha value is -2.59. The van der Waals surface area contributed by atoms with Gasteiger partial charge in [-0.1, -0.05) is 31.0 Å². The number of rotatable bonds is 5. The summed E-state index contributed by atoms with van der Waals surface area (Å²) in [5.41, 5.74) is 5.88. The van der Waals surface area contributed by atoms with Gasteiger partial charge in [0.2, 0.25) is 0 Å². The van der Waals surface area contributed by atoms with E-state index in [2.05, 4.69) is 47.4 Å². The molecule has 1 aliphatic carbocycles. The minimum Gasteiger partial charge on any atom is -0.460 e. The summed E-state index contributed by atoms with van der Waals surface area (Å²) in [5, 5.41) is 1.21. The second kappa shape index (κ2) is 8.98. The van der Waals surface area contributed by atoms with Crippen LogP contribution >= 0.6 is 0 Å². The fourth-order valence-electron chi connectivity index (χ4n) is 5.31. The Kier molecular flexibility index (Phi) is 6.05. The molecule has 33 heavy (non-hydrogen) atoms. The Labute approximate surface area is 196 Å². The summed E-state index contributed by atoms with van der Waals surface area (Å²) in [7, 11) is 0. The molecule has 1 aliphatic heterocycles. The molecule has 0 unspecified atom stereocenters. The Morgan fingerprint density at radius 2 is 1.88 bits per heavy atom. The van der Waals surface area contributed by atoms with Crippen molar-refractivity contribution in [2.24, 2.45) is 0 Å². The van der Waals surface area contributed by atoms with Crippen LogP contribution in [0, 0.1) is 0 Å². The zero-order valence-electron chi connectivity index (χ0n) is 20.2. The molecule has 4 heteroatoms. The normalized spacial score (nSPS) is 17.4. The summed E-state index contributed by atoms with van der Waals surface area (Å²) in [4.78, 5) is 14.4. The van der Waals surface area contributed by atoms with Crippen molar-refractivity contribution >= 4 is 16.9 Å². The van der Waals surface area contributed by atoms with Gasteiger partial charge in [-0.05, 0) is 86.9 Å². The molecular weight excluding hydrogens is 410 g/mol. The minimum absolute atomic E-state index is 0.121. The van der Waals surface area contributed by atoms with Crippen molar-refractivity contribution in [1.82, 2.24) is 4.90 Å². The van der Waals surface area contributed by atoms with Crippen molar-refractivity contribution in [3.8, 4) is 11.3 Å². The lowest BCUT2D eigenvalue weighted by atomic mass is 9.95. The summed E-state index contributed by atoms with van der Waals surface area (Å²) in [6.07, 6.45) is 6.77. The number of carbonyl (C=O) groups excluding carboxylic acids is 1. The highest BCUT2D eigenvalue weighted by Crippen LogP contribution is 2.37. The van der Waals surface area contributed by atoms with E-state index in [9.17, 15) is 4.79 Å². The number of esters is 1. The quantitative estimate of drug-likeness (QED) is 0.403. The number of nitrogens with zero attached hydrogens (tertiary/aromatic N) is 1. The first-order valence-electron chi connectivity index (χ1n) is 12.4. The molecule has 3 aromatic rings. The highest BCUT2D eigenvalue weighted by Gasteiger charge is 2.21. The SMILES string of the molecule is CC(C)(C)OC(=O)CCN1CCc2cc(-c3cc4cc(C5CCCC5)ccc4o3)ccc2C1. The first-order valence-corrected chi connectivity index (χ1v) is 12.4. The van der Waals surface area contributed by atoms with Crippen LogP contribution in [-0.2, 0) is 22.5 Å².